The molecule has 0 heterocycles. The van der Waals surface area contributed by atoms with Crippen LogP contribution in [0.4, 0.5) is 5.69 Å². The van der Waals surface area contributed by atoms with Crippen molar-refractivity contribution in [2.45, 2.75) is 79.1 Å². The van der Waals surface area contributed by atoms with Gasteiger partial charge in [-0.25, -0.2) is 0 Å². The summed E-state index contributed by atoms with van der Waals surface area (Å²) in [4.78, 5) is 22.1. The van der Waals surface area contributed by atoms with Crippen LogP contribution in [0.5, 0.6) is 5.75 Å². The molecule has 32 heavy (non-hydrogen) atoms. The maximum absolute atomic E-state index is 11.2. The lowest BCUT2D eigenvalue weighted by Gasteiger charge is -2.17. The maximum Gasteiger partial charge on any atom is 0.173 e. The Kier molecular flexibility index (Phi) is 17.9. The molecule has 0 aliphatic heterocycles. The summed E-state index contributed by atoms with van der Waals surface area (Å²) in [6.07, 6.45) is 4.31. The highest BCUT2D eigenvalue weighted by atomic mass is 127. The number of halogens is 1. The molecule has 0 bridgehead atoms. The van der Waals surface area contributed by atoms with Gasteiger partial charge in [0.1, 0.15) is 5.75 Å². The van der Waals surface area contributed by atoms with Gasteiger partial charge in [0.2, 0.25) is 0 Å². The summed E-state index contributed by atoms with van der Waals surface area (Å²) in [7, 11) is 1.64. The highest BCUT2D eigenvalue weighted by Gasteiger charge is 2.22. The zero-order valence-corrected chi connectivity index (χ0v) is 19.8. The topological polar surface area (TPSA) is 121 Å². The minimum atomic E-state index is 0. The standard InChI is InChI=1S/C8H11NO.C7H10INO.C7H11NO.3CH4/c1-6-7(9)4-3-5-8(6)10-2;1-4-6(9)3-2-5(8)7(4)10;1-5-6(8)3-2-4-7(5)9;;;/h3-5H,9H2,1-2H3;5H,2-3,9H2,1H3;2-4,8H2,1H3;3*1H4. The first-order valence-electron chi connectivity index (χ1n) is 9.61. The average molecular weight is 562 g/mol. The summed E-state index contributed by atoms with van der Waals surface area (Å²) in [5, 5.41) is 0. The van der Waals surface area contributed by atoms with Gasteiger partial charge in [0.25, 0.3) is 0 Å². The Morgan fingerprint density at radius 2 is 1.47 bits per heavy atom. The number of benzene rings is 1. The molecular formula is C25H44IN3O3. The molecule has 0 fully saturated rings. The zero-order chi connectivity index (χ0) is 22.1. The number of nitrogens with two attached hydrogens (primary N) is 3. The van der Waals surface area contributed by atoms with Crippen molar-refractivity contribution < 1.29 is 14.3 Å². The van der Waals surface area contributed by atoms with Gasteiger partial charge in [-0.2, -0.15) is 0 Å². The molecule has 0 saturated carbocycles. The second kappa shape index (κ2) is 16.6. The van der Waals surface area contributed by atoms with E-state index in [4.69, 9.17) is 21.9 Å². The zero-order valence-electron chi connectivity index (χ0n) is 17.7. The first-order valence-corrected chi connectivity index (χ1v) is 10.9. The van der Waals surface area contributed by atoms with Gasteiger partial charge < -0.3 is 21.9 Å². The largest absolute Gasteiger partial charge is 0.496 e. The van der Waals surface area contributed by atoms with E-state index in [1.807, 2.05) is 32.0 Å². The minimum Gasteiger partial charge on any atom is -0.496 e. The number of carbonyl (C=O) groups is 2. The summed E-state index contributed by atoms with van der Waals surface area (Å²) in [5.74, 6) is 1.28. The number of ether oxygens (including phenoxy) is 1. The van der Waals surface area contributed by atoms with E-state index in [-0.39, 0.29) is 37.8 Å². The predicted molar refractivity (Wildman–Crippen MR) is 147 cm³/mol. The fourth-order valence-electron chi connectivity index (χ4n) is 2.84. The molecule has 184 valence electrons. The normalized spacial score (nSPS) is 17.3. The van der Waals surface area contributed by atoms with E-state index in [9.17, 15) is 9.59 Å². The van der Waals surface area contributed by atoms with E-state index >= 15 is 0 Å². The molecule has 1 unspecified atom stereocenters. The number of hydrogen-bond donors (Lipinski definition) is 3. The summed E-state index contributed by atoms with van der Waals surface area (Å²) >= 11 is 2.17. The van der Waals surface area contributed by atoms with Gasteiger partial charge in [-0.05, 0) is 58.6 Å². The molecule has 1 aromatic carbocycles. The summed E-state index contributed by atoms with van der Waals surface area (Å²) < 4.78 is 5.20. The van der Waals surface area contributed by atoms with Gasteiger partial charge >= 0.3 is 0 Å². The lowest BCUT2D eigenvalue weighted by atomic mass is 9.97. The van der Waals surface area contributed by atoms with Gasteiger partial charge in [0.05, 0.1) is 11.0 Å². The number of allylic oxidation sites excluding steroid dienone is 4. The number of Topliss-reactive ketones (excluding diaryl/α,β-unsaturated/α-hetero) is 2. The number of alkyl halides is 1. The van der Waals surface area contributed by atoms with E-state index in [0.717, 1.165) is 65.2 Å². The number of carbonyl (C=O) groups excluding carboxylic acids is 2. The number of methoxy groups -OCH3 is 1. The first kappa shape index (κ1) is 34.6. The second-order valence-corrected chi connectivity index (χ2v) is 8.63. The van der Waals surface area contributed by atoms with Crippen LogP contribution in [0.25, 0.3) is 0 Å². The molecule has 6 nitrogen and oxygen atoms in total. The highest BCUT2D eigenvalue weighted by Crippen LogP contribution is 2.24. The quantitative estimate of drug-likeness (QED) is 0.225. The first-order chi connectivity index (χ1) is 13.6. The van der Waals surface area contributed by atoms with Crippen molar-refractivity contribution >= 4 is 39.8 Å². The number of nitrogen functional groups attached to an aromatic ring is 1. The van der Waals surface area contributed by atoms with Crippen molar-refractivity contribution in [2.75, 3.05) is 12.8 Å². The molecule has 0 aromatic heterocycles. The molecule has 1 atom stereocenters. The van der Waals surface area contributed by atoms with Crippen LogP contribution in [0.1, 0.15) is 73.8 Å². The number of anilines is 1. The van der Waals surface area contributed by atoms with Crippen LogP contribution in [-0.4, -0.2) is 22.6 Å². The van der Waals surface area contributed by atoms with Gasteiger partial charge in [-0.15, -0.1) is 0 Å². The number of rotatable bonds is 1. The molecule has 0 spiro atoms. The third-order valence-corrected chi connectivity index (χ3v) is 6.29. The molecule has 2 aliphatic carbocycles. The molecule has 0 saturated heterocycles. The molecule has 0 amide bonds. The summed E-state index contributed by atoms with van der Waals surface area (Å²) in [6, 6.07) is 5.63. The molecule has 3 rings (SSSR count). The van der Waals surface area contributed by atoms with Crippen LogP contribution in [0.2, 0.25) is 0 Å². The Labute approximate surface area is 209 Å². The molecule has 0 radical (unpaired) electrons. The fraction of sp³-hybridized carbons (Fsp3) is 0.520. The van der Waals surface area contributed by atoms with Gasteiger partial charge in [-0.3, -0.25) is 9.59 Å². The van der Waals surface area contributed by atoms with Crippen molar-refractivity contribution in [3.05, 3.63) is 46.3 Å². The number of hydrogen-bond acceptors (Lipinski definition) is 6. The lowest BCUT2D eigenvalue weighted by Crippen LogP contribution is -2.23. The smallest absolute Gasteiger partial charge is 0.173 e. The highest BCUT2D eigenvalue weighted by molar-refractivity contribution is 14.1. The molecule has 2 aliphatic rings. The van der Waals surface area contributed by atoms with Crippen molar-refractivity contribution in [1.82, 2.24) is 0 Å². The van der Waals surface area contributed by atoms with Crippen molar-refractivity contribution in [2.24, 2.45) is 11.5 Å². The Hall–Kier alpha value is -2.03. The third kappa shape index (κ3) is 10.1. The second-order valence-electron chi connectivity index (χ2n) is 7.12. The van der Waals surface area contributed by atoms with Gasteiger partial charge in [-0.1, -0.05) is 50.9 Å². The Bertz CT molecular complexity index is 817. The predicted octanol–water partition coefficient (Wildman–Crippen LogP) is 5.85. The Morgan fingerprint density at radius 3 is 1.91 bits per heavy atom. The van der Waals surface area contributed by atoms with Crippen LogP contribution >= 0.6 is 22.6 Å². The lowest BCUT2D eigenvalue weighted by molar-refractivity contribution is -0.116. The van der Waals surface area contributed by atoms with Crippen molar-refractivity contribution in [3.8, 4) is 5.75 Å². The Morgan fingerprint density at radius 1 is 0.906 bits per heavy atom. The van der Waals surface area contributed by atoms with Gasteiger partial charge in [0.15, 0.2) is 11.6 Å². The summed E-state index contributed by atoms with van der Waals surface area (Å²) in [5.41, 5.74) is 21.6. The van der Waals surface area contributed by atoms with E-state index in [1.165, 1.54) is 0 Å². The number of ketones is 2. The van der Waals surface area contributed by atoms with E-state index in [2.05, 4.69) is 22.6 Å². The molecule has 1 aromatic rings. The van der Waals surface area contributed by atoms with E-state index in [1.54, 1.807) is 14.0 Å². The van der Waals surface area contributed by atoms with Crippen molar-refractivity contribution in [3.63, 3.8) is 0 Å². The van der Waals surface area contributed by atoms with Crippen LogP contribution in [0.15, 0.2) is 40.7 Å². The molecular weight excluding hydrogens is 517 g/mol. The van der Waals surface area contributed by atoms with E-state index in [0.29, 0.717) is 6.42 Å². The van der Waals surface area contributed by atoms with E-state index < -0.39 is 0 Å². The molecule has 7 heteroatoms. The molecule has 6 N–H and O–H groups in total. The van der Waals surface area contributed by atoms with Crippen LogP contribution in [0.3, 0.4) is 0 Å². The van der Waals surface area contributed by atoms with Gasteiger partial charge in [0, 0.05) is 40.2 Å². The van der Waals surface area contributed by atoms with Crippen LogP contribution < -0.4 is 21.9 Å². The summed E-state index contributed by atoms with van der Waals surface area (Å²) in [6.45, 7) is 5.55. The fourth-order valence-corrected chi connectivity index (χ4v) is 3.62. The van der Waals surface area contributed by atoms with Crippen LogP contribution in [-0.2, 0) is 9.59 Å². The van der Waals surface area contributed by atoms with Crippen molar-refractivity contribution in [1.29, 1.82) is 0 Å². The maximum atomic E-state index is 11.2. The monoisotopic (exact) mass is 561 g/mol. The average Bonchev–Trinajstić information content (AvgIpc) is 2.70. The Balaban J connectivity index is -0.000000377. The SMILES string of the molecule is C.C.C.CC1=C(N)CCC(I)C1=O.CC1=C(N)CCCC1=O.COc1cccc(N)c1C. The third-order valence-electron chi connectivity index (χ3n) is 5.10. The minimum absolute atomic E-state index is 0. The van der Waals surface area contributed by atoms with Crippen LogP contribution in [0, 0.1) is 6.92 Å².